The Labute approximate surface area is 102 Å². The van der Waals surface area contributed by atoms with Crippen LogP contribution in [0.25, 0.3) is 0 Å². The summed E-state index contributed by atoms with van der Waals surface area (Å²) in [5.74, 6) is 0. The van der Waals surface area contributed by atoms with Crippen LogP contribution in [0.1, 0.15) is 12.5 Å². The molecule has 0 aromatic heterocycles. The summed E-state index contributed by atoms with van der Waals surface area (Å²) in [6.07, 6.45) is 0. The van der Waals surface area contributed by atoms with Crippen molar-refractivity contribution in [2.75, 3.05) is 19.4 Å². The van der Waals surface area contributed by atoms with E-state index in [1.54, 1.807) is 26.0 Å². The van der Waals surface area contributed by atoms with Gasteiger partial charge < -0.3 is 10.8 Å². The smallest absolute Gasteiger partial charge is 0.243 e. The van der Waals surface area contributed by atoms with E-state index in [-0.39, 0.29) is 11.5 Å². The van der Waals surface area contributed by atoms with Crippen LogP contribution in [-0.4, -0.2) is 37.5 Å². The molecular formula is C11H18N2O3S. The van der Waals surface area contributed by atoms with Gasteiger partial charge in [0.05, 0.1) is 11.5 Å². The van der Waals surface area contributed by atoms with Crippen LogP contribution >= 0.6 is 0 Å². The zero-order chi connectivity index (χ0) is 13.2. The highest BCUT2D eigenvalue weighted by Crippen LogP contribution is 2.24. The fourth-order valence-electron chi connectivity index (χ4n) is 1.42. The van der Waals surface area contributed by atoms with Crippen molar-refractivity contribution in [1.29, 1.82) is 0 Å². The van der Waals surface area contributed by atoms with Gasteiger partial charge in [-0.2, -0.15) is 4.31 Å². The van der Waals surface area contributed by atoms with Gasteiger partial charge in [-0.25, -0.2) is 8.42 Å². The lowest BCUT2D eigenvalue weighted by Crippen LogP contribution is -2.37. The lowest BCUT2D eigenvalue weighted by atomic mass is 10.2. The van der Waals surface area contributed by atoms with E-state index in [1.165, 1.54) is 13.1 Å². The molecule has 1 aromatic carbocycles. The first-order valence-electron chi connectivity index (χ1n) is 5.26. The van der Waals surface area contributed by atoms with Gasteiger partial charge in [0.25, 0.3) is 0 Å². The van der Waals surface area contributed by atoms with Gasteiger partial charge in [0.15, 0.2) is 0 Å². The molecule has 1 aromatic rings. The van der Waals surface area contributed by atoms with Gasteiger partial charge in [-0.05, 0) is 31.5 Å². The predicted octanol–water partition coefficient (Wildman–Crippen LogP) is 0.579. The molecular weight excluding hydrogens is 240 g/mol. The van der Waals surface area contributed by atoms with Crippen molar-refractivity contribution in [3.63, 3.8) is 0 Å². The first kappa shape index (κ1) is 14.0. The van der Waals surface area contributed by atoms with Gasteiger partial charge >= 0.3 is 0 Å². The van der Waals surface area contributed by atoms with E-state index in [1.807, 2.05) is 0 Å². The second kappa shape index (κ2) is 5.03. The number of nitrogens with two attached hydrogens (primary N) is 1. The fourth-order valence-corrected chi connectivity index (χ4v) is 3.02. The fraction of sp³-hybridized carbons (Fsp3) is 0.455. The minimum absolute atomic E-state index is 0.181. The molecule has 0 saturated heterocycles. The Morgan fingerprint density at radius 2 is 2.06 bits per heavy atom. The van der Waals surface area contributed by atoms with E-state index in [2.05, 4.69) is 0 Å². The maximum atomic E-state index is 12.3. The second-order valence-corrected chi connectivity index (χ2v) is 5.99. The third-order valence-electron chi connectivity index (χ3n) is 2.87. The lowest BCUT2D eigenvalue weighted by Gasteiger charge is -2.23. The van der Waals surface area contributed by atoms with Crippen LogP contribution in [0.4, 0.5) is 5.69 Å². The molecule has 0 fully saturated rings. The maximum absolute atomic E-state index is 12.3. The molecule has 1 atom stereocenters. The molecule has 0 aliphatic rings. The zero-order valence-corrected chi connectivity index (χ0v) is 11.0. The summed E-state index contributed by atoms with van der Waals surface area (Å²) in [6, 6.07) is 4.30. The quantitative estimate of drug-likeness (QED) is 0.774. The van der Waals surface area contributed by atoms with E-state index >= 15 is 0 Å². The molecule has 3 N–H and O–H groups in total. The highest BCUT2D eigenvalue weighted by atomic mass is 32.2. The molecule has 1 unspecified atom stereocenters. The zero-order valence-electron chi connectivity index (χ0n) is 10.2. The van der Waals surface area contributed by atoms with Crippen LogP contribution in [0, 0.1) is 6.92 Å². The highest BCUT2D eigenvalue weighted by molar-refractivity contribution is 7.89. The number of anilines is 1. The van der Waals surface area contributed by atoms with Crippen LogP contribution in [0.15, 0.2) is 23.1 Å². The van der Waals surface area contributed by atoms with Gasteiger partial charge in [-0.15, -0.1) is 0 Å². The Morgan fingerprint density at radius 1 is 1.47 bits per heavy atom. The van der Waals surface area contributed by atoms with Crippen molar-refractivity contribution in [3.05, 3.63) is 23.8 Å². The Hall–Kier alpha value is -1.11. The number of aliphatic hydroxyl groups is 1. The standard InChI is InChI=1S/C11H18N2O3S/c1-8(7-14)13(3)17(15,16)11-6-4-5-10(12)9(11)2/h4-6,8,14H,7,12H2,1-3H3. The van der Waals surface area contributed by atoms with Crippen LogP contribution < -0.4 is 5.73 Å². The summed E-state index contributed by atoms with van der Waals surface area (Å²) in [4.78, 5) is 0.181. The summed E-state index contributed by atoms with van der Waals surface area (Å²) in [6.45, 7) is 3.08. The minimum Gasteiger partial charge on any atom is -0.398 e. The van der Waals surface area contributed by atoms with Gasteiger partial charge in [-0.1, -0.05) is 6.07 Å². The van der Waals surface area contributed by atoms with Crippen LogP contribution in [-0.2, 0) is 10.0 Å². The summed E-state index contributed by atoms with van der Waals surface area (Å²) in [5, 5.41) is 9.01. The van der Waals surface area contributed by atoms with E-state index in [0.29, 0.717) is 11.3 Å². The predicted molar refractivity (Wildman–Crippen MR) is 67.1 cm³/mol. The third kappa shape index (κ3) is 2.59. The number of nitrogens with zero attached hydrogens (tertiary/aromatic N) is 1. The first-order chi connectivity index (χ1) is 7.82. The number of aliphatic hydroxyl groups excluding tert-OH is 1. The molecule has 0 aliphatic carbocycles. The van der Waals surface area contributed by atoms with Crippen molar-refractivity contribution in [1.82, 2.24) is 4.31 Å². The van der Waals surface area contributed by atoms with Gasteiger partial charge in [0.1, 0.15) is 0 Å². The summed E-state index contributed by atoms with van der Waals surface area (Å²) in [7, 11) is -2.17. The lowest BCUT2D eigenvalue weighted by molar-refractivity contribution is 0.214. The molecule has 0 bridgehead atoms. The molecule has 96 valence electrons. The number of nitrogen functional groups attached to an aromatic ring is 1. The Kier molecular flexibility index (Phi) is 4.13. The molecule has 0 aliphatic heterocycles. The molecule has 0 spiro atoms. The number of hydrogen-bond acceptors (Lipinski definition) is 4. The first-order valence-corrected chi connectivity index (χ1v) is 6.70. The highest BCUT2D eigenvalue weighted by Gasteiger charge is 2.26. The number of likely N-dealkylation sites (N-methyl/N-ethyl adjacent to an activating group) is 1. The number of benzene rings is 1. The molecule has 17 heavy (non-hydrogen) atoms. The van der Waals surface area contributed by atoms with Crippen LogP contribution in [0.5, 0.6) is 0 Å². The molecule has 5 nitrogen and oxygen atoms in total. The molecule has 0 saturated carbocycles. The van der Waals surface area contributed by atoms with E-state index < -0.39 is 16.1 Å². The van der Waals surface area contributed by atoms with E-state index in [0.717, 1.165) is 4.31 Å². The van der Waals surface area contributed by atoms with Gasteiger partial charge in [-0.3, -0.25) is 0 Å². The number of rotatable bonds is 4. The van der Waals surface area contributed by atoms with Crippen molar-refractivity contribution >= 4 is 15.7 Å². The van der Waals surface area contributed by atoms with Crippen molar-refractivity contribution in [2.24, 2.45) is 0 Å². The third-order valence-corrected chi connectivity index (χ3v) is 4.98. The van der Waals surface area contributed by atoms with Crippen LogP contribution in [0.3, 0.4) is 0 Å². The van der Waals surface area contributed by atoms with Gasteiger partial charge in [0.2, 0.25) is 10.0 Å². The molecule has 0 radical (unpaired) electrons. The Balaban J connectivity index is 3.27. The van der Waals surface area contributed by atoms with Gasteiger partial charge in [0, 0.05) is 18.8 Å². The number of hydrogen-bond donors (Lipinski definition) is 2. The Morgan fingerprint density at radius 3 is 2.59 bits per heavy atom. The SMILES string of the molecule is Cc1c(N)cccc1S(=O)(=O)N(C)C(C)CO. The van der Waals surface area contributed by atoms with Crippen molar-refractivity contribution in [3.8, 4) is 0 Å². The Bertz CT molecular complexity index is 499. The van der Waals surface area contributed by atoms with E-state index in [4.69, 9.17) is 10.8 Å². The molecule has 0 amide bonds. The minimum atomic E-state index is -3.61. The summed E-state index contributed by atoms with van der Waals surface area (Å²) < 4.78 is 25.7. The maximum Gasteiger partial charge on any atom is 0.243 e. The average Bonchev–Trinajstić information content (AvgIpc) is 2.30. The summed E-state index contributed by atoms with van der Waals surface area (Å²) in [5.41, 5.74) is 6.67. The monoisotopic (exact) mass is 258 g/mol. The van der Waals surface area contributed by atoms with Crippen molar-refractivity contribution < 1.29 is 13.5 Å². The average molecular weight is 258 g/mol. The number of sulfonamides is 1. The summed E-state index contributed by atoms with van der Waals surface area (Å²) >= 11 is 0. The van der Waals surface area contributed by atoms with Crippen LogP contribution in [0.2, 0.25) is 0 Å². The van der Waals surface area contributed by atoms with Crippen molar-refractivity contribution in [2.45, 2.75) is 24.8 Å². The molecule has 0 heterocycles. The normalized spacial score (nSPS) is 13.9. The second-order valence-electron chi connectivity index (χ2n) is 4.02. The topological polar surface area (TPSA) is 83.6 Å². The molecule has 6 heteroatoms. The molecule has 1 rings (SSSR count). The largest absolute Gasteiger partial charge is 0.398 e. The van der Waals surface area contributed by atoms with E-state index in [9.17, 15) is 8.42 Å².